The molecule has 2 heterocycles. The number of aryl methyl sites for hydroxylation is 1. The van der Waals surface area contributed by atoms with Crippen LogP contribution in [0.2, 0.25) is 0 Å². The van der Waals surface area contributed by atoms with E-state index in [0.717, 1.165) is 16.7 Å². The van der Waals surface area contributed by atoms with Crippen LogP contribution in [0.5, 0.6) is 0 Å². The maximum Gasteiger partial charge on any atom is 0.252 e. The van der Waals surface area contributed by atoms with Crippen molar-refractivity contribution >= 4 is 5.91 Å². The van der Waals surface area contributed by atoms with Crippen molar-refractivity contribution in [3.63, 3.8) is 0 Å². The molecule has 3 aromatic rings. The van der Waals surface area contributed by atoms with Gasteiger partial charge in [0.15, 0.2) is 0 Å². The molecule has 0 radical (unpaired) electrons. The standard InChI is InChI=1S/C18H18N4O3/c1-13-3-2-4-14(9-13)10-20-16(23)11-24-12-17-21-18(22-25-17)15-5-7-19-8-6-15/h2-9H,10-12H2,1H3,(H,20,23). The van der Waals surface area contributed by atoms with E-state index in [1.807, 2.05) is 31.2 Å². The minimum absolute atomic E-state index is 0.0706. The van der Waals surface area contributed by atoms with Gasteiger partial charge in [-0.3, -0.25) is 9.78 Å². The van der Waals surface area contributed by atoms with Crippen molar-refractivity contribution < 1.29 is 14.1 Å². The first-order valence-electron chi connectivity index (χ1n) is 7.83. The maximum atomic E-state index is 11.8. The second-order valence-corrected chi connectivity index (χ2v) is 5.51. The minimum atomic E-state index is -0.199. The Morgan fingerprint density at radius 3 is 2.88 bits per heavy atom. The molecule has 0 aliphatic heterocycles. The van der Waals surface area contributed by atoms with E-state index >= 15 is 0 Å². The summed E-state index contributed by atoms with van der Waals surface area (Å²) in [4.78, 5) is 20.0. The Hall–Kier alpha value is -3.06. The zero-order chi connectivity index (χ0) is 17.5. The fourth-order valence-electron chi connectivity index (χ4n) is 2.24. The largest absolute Gasteiger partial charge is 0.362 e. The Balaban J connectivity index is 1.42. The predicted octanol–water partition coefficient (Wildman–Crippen LogP) is 2.27. The number of ether oxygens (including phenoxy) is 1. The normalized spacial score (nSPS) is 10.6. The van der Waals surface area contributed by atoms with Crippen LogP contribution in [0.15, 0.2) is 53.3 Å². The Kier molecular flexibility index (Phi) is 5.48. The number of hydrogen-bond donors (Lipinski definition) is 1. The van der Waals surface area contributed by atoms with Gasteiger partial charge in [-0.15, -0.1) is 0 Å². The molecule has 2 aromatic heterocycles. The van der Waals surface area contributed by atoms with Crippen molar-refractivity contribution in [3.8, 4) is 11.4 Å². The number of nitrogens with zero attached hydrogens (tertiary/aromatic N) is 3. The summed E-state index contributed by atoms with van der Waals surface area (Å²) in [6.07, 6.45) is 3.31. The van der Waals surface area contributed by atoms with Gasteiger partial charge in [0, 0.05) is 24.5 Å². The van der Waals surface area contributed by atoms with Crippen LogP contribution in [0.3, 0.4) is 0 Å². The topological polar surface area (TPSA) is 90.1 Å². The lowest BCUT2D eigenvalue weighted by atomic mass is 10.1. The lowest BCUT2D eigenvalue weighted by Crippen LogP contribution is -2.27. The van der Waals surface area contributed by atoms with Crippen molar-refractivity contribution in [1.29, 1.82) is 0 Å². The molecule has 0 atom stereocenters. The third-order valence-corrected chi connectivity index (χ3v) is 3.44. The summed E-state index contributed by atoms with van der Waals surface area (Å²) in [5.74, 6) is 0.582. The molecular weight excluding hydrogens is 320 g/mol. The molecule has 1 N–H and O–H groups in total. The molecule has 0 aliphatic carbocycles. The van der Waals surface area contributed by atoms with E-state index in [2.05, 4.69) is 20.4 Å². The summed E-state index contributed by atoms with van der Waals surface area (Å²) >= 11 is 0. The first kappa shape index (κ1) is 16.8. The van der Waals surface area contributed by atoms with Crippen molar-refractivity contribution in [3.05, 3.63) is 65.8 Å². The first-order valence-corrected chi connectivity index (χ1v) is 7.83. The summed E-state index contributed by atoms with van der Waals surface area (Å²) in [5, 5.41) is 6.68. The number of aromatic nitrogens is 3. The number of rotatable bonds is 7. The zero-order valence-electron chi connectivity index (χ0n) is 13.8. The number of amides is 1. The molecule has 7 nitrogen and oxygen atoms in total. The highest BCUT2D eigenvalue weighted by Gasteiger charge is 2.09. The monoisotopic (exact) mass is 338 g/mol. The number of hydrogen-bond acceptors (Lipinski definition) is 6. The SMILES string of the molecule is Cc1cccc(CNC(=O)COCc2nc(-c3ccncc3)no2)c1. The Labute approximate surface area is 145 Å². The molecule has 0 saturated heterocycles. The van der Waals surface area contributed by atoms with Crippen LogP contribution >= 0.6 is 0 Å². The minimum Gasteiger partial charge on any atom is -0.362 e. The molecule has 1 aromatic carbocycles. The van der Waals surface area contributed by atoms with E-state index in [1.165, 1.54) is 0 Å². The van der Waals surface area contributed by atoms with Crippen molar-refractivity contribution in [2.75, 3.05) is 6.61 Å². The summed E-state index contributed by atoms with van der Waals surface area (Å²) in [6, 6.07) is 11.5. The number of benzene rings is 1. The first-order chi connectivity index (χ1) is 12.2. The van der Waals surface area contributed by atoms with Gasteiger partial charge in [-0.2, -0.15) is 4.98 Å². The number of pyridine rings is 1. The number of carbonyl (C=O) groups is 1. The fraction of sp³-hybridized carbons (Fsp3) is 0.222. The van der Waals surface area contributed by atoms with E-state index < -0.39 is 0 Å². The highest BCUT2D eigenvalue weighted by atomic mass is 16.5. The van der Waals surface area contributed by atoms with Crippen LogP contribution in [0.4, 0.5) is 0 Å². The summed E-state index contributed by atoms with van der Waals surface area (Å²) < 4.78 is 10.4. The molecule has 1 amide bonds. The average Bonchev–Trinajstić information content (AvgIpc) is 3.10. The second-order valence-electron chi connectivity index (χ2n) is 5.51. The smallest absolute Gasteiger partial charge is 0.252 e. The third-order valence-electron chi connectivity index (χ3n) is 3.44. The maximum absolute atomic E-state index is 11.8. The van der Waals surface area contributed by atoms with E-state index in [0.29, 0.717) is 18.3 Å². The molecule has 7 heteroatoms. The van der Waals surface area contributed by atoms with E-state index in [9.17, 15) is 4.79 Å². The van der Waals surface area contributed by atoms with Gasteiger partial charge in [0.2, 0.25) is 11.7 Å². The molecule has 25 heavy (non-hydrogen) atoms. The van der Waals surface area contributed by atoms with Crippen LogP contribution in [-0.4, -0.2) is 27.6 Å². The van der Waals surface area contributed by atoms with Crippen LogP contribution in [0.25, 0.3) is 11.4 Å². The molecule has 3 rings (SSSR count). The number of carbonyl (C=O) groups excluding carboxylic acids is 1. The van der Waals surface area contributed by atoms with Gasteiger partial charge in [0.05, 0.1) is 0 Å². The summed E-state index contributed by atoms with van der Waals surface area (Å²) in [5.41, 5.74) is 3.01. The van der Waals surface area contributed by atoms with Crippen molar-refractivity contribution in [2.24, 2.45) is 0 Å². The van der Waals surface area contributed by atoms with E-state index in [1.54, 1.807) is 24.5 Å². The molecule has 128 valence electrons. The van der Waals surface area contributed by atoms with Crippen molar-refractivity contribution in [2.45, 2.75) is 20.1 Å². The van der Waals surface area contributed by atoms with Gasteiger partial charge in [-0.05, 0) is 24.6 Å². The van der Waals surface area contributed by atoms with Crippen LogP contribution in [0, 0.1) is 6.92 Å². The summed E-state index contributed by atoms with van der Waals surface area (Å²) in [7, 11) is 0. The highest BCUT2D eigenvalue weighted by Crippen LogP contribution is 2.14. The van der Waals surface area contributed by atoms with Gasteiger partial charge < -0.3 is 14.6 Å². The van der Waals surface area contributed by atoms with Gasteiger partial charge in [-0.25, -0.2) is 0 Å². The van der Waals surface area contributed by atoms with Gasteiger partial charge in [0.1, 0.15) is 13.2 Å². The van der Waals surface area contributed by atoms with Crippen molar-refractivity contribution in [1.82, 2.24) is 20.4 Å². The van der Waals surface area contributed by atoms with Gasteiger partial charge in [0.25, 0.3) is 5.89 Å². The van der Waals surface area contributed by atoms with Gasteiger partial charge in [-0.1, -0.05) is 35.0 Å². The lowest BCUT2D eigenvalue weighted by molar-refractivity contribution is -0.126. The Bertz CT molecular complexity index is 833. The molecular formula is C18H18N4O3. The molecule has 0 aliphatic rings. The van der Waals surface area contributed by atoms with Crippen LogP contribution in [0.1, 0.15) is 17.0 Å². The quantitative estimate of drug-likeness (QED) is 0.711. The molecule has 0 spiro atoms. The second kappa shape index (κ2) is 8.16. The average molecular weight is 338 g/mol. The number of nitrogens with one attached hydrogen (secondary N) is 1. The van der Waals surface area contributed by atoms with E-state index in [-0.39, 0.29) is 19.1 Å². The van der Waals surface area contributed by atoms with Crippen LogP contribution < -0.4 is 5.32 Å². The van der Waals surface area contributed by atoms with Gasteiger partial charge >= 0.3 is 0 Å². The molecule has 0 fully saturated rings. The molecule has 0 unspecified atom stereocenters. The Morgan fingerprint density at radius 2 is 2.08 bits per heavy atom. The van der Waals surface area contributed by atoms with E-state index in [4.69, 9.17) is 9.26 Å². The lowest BCUT2D eigenvalue weighted by Gasteiger charge is -2.06. The predicted molar refractivity (Wildman–Crippen MR) is 90.2 cm³/mol. The molecule has 0 bridgehead atoms. The van der Waals surface area contributed by atoms with Crippen LogP contribution in [-0.2, 0) is 22.7 Å². The zero-order valence-corrected chi connectivity index (χ0v) is 13.8. The summed E-state index contributed by atoms with van der Waals surface area (Å²) in [6.45, 7) is 2.49. The molecule has 0 saturated carbocycles. The third kappa shape index (κ3) is 4.95. The fourth-order valence-corrected chi connectivity index (χ4v) is 2.24. The Morgan fingerprint density at radius 1 is 1.24 bits per heavy atom. The highest BCUT2D eigenvalue weighted by molar-refractivity contribution is 5.77.